The predicted octanol–water partition coefficient (Wildman–Crippen LogP) is 6.12. The third kappa shape index (κ3) is 3.68. The lowest BCUT2D eigenvalue weighted by molar-refractivity contribution is 0.142. The van der Waals surface area contributed by atoms with Gasteiger partial charge in [-0.3, -0.25) is 0 Å². The summed E-state index contributed by atoms with van der Waals surface area (Å²) in [4.78, 5) is 15.5. The Morgan fingerprint density at radius 3 is 2.54 bits per heavy atom. The standard InChI is InChI=1S/C26H23F2N3O4/c1-4-30-19-6-5-15(12-17(19)18-13-16(27)11-14(2)24(18)30)25-29-23-20(31(25)9-10-34-3)7-8-21(22(23)28)35-26(32)33/h5-8,11-13H,4,9-10H2,1-3H3,(H,32,33). The average molecular weight is 479 g/mol. The van der Waals surface area contributed by atoms with Gasteiger partial charge in [-0.05, 0) is 61.9 Å². The molecule has 7 nitrogen and oxygen atoms in total. The largest absolute Gasteiger partial charge is 0.511 e. The summed E-state index contributed by atoms with van der Waals surface area (Å²) in [6.07, 6.45) is -1.61. The number of carboxylic acid groups (broad SMARTS) is 1. The van der Waals surface area contributed by atoms with Crippen LogP contribution in [0.5, 0.6) is 5.75 Å². The fourth-order valence-electron chi connectivity index (χ4n) is 4.82. The number of imidazole rings is 1. The molecule has 0 saturated carbocycles. The second-order valence-electron chi connectivity index (χ2n) is 8.29. The highest BCUT2D eigenvalue weighted by Gasteiger charge is 2.21. The molecule has 1 N–H and O–H groups in total. The molecule has 0 radical (unpaired) electrons. The molecule has 180 valence electrons. The molecule has 0 unspecified atom stereocenters. The lowest BCUT2D eigenvalue weighted by Crippen LogP contribution is -2.07. The number of fused-ring (bicyclic) bond motifs is 4. The van der Waals surface area contributed by atoms with Gasteiger partial charge in [0.2, 0.25) is 0 Å². The first-order chi connectivity index (χ1) is 16.8. The summed E-state index contributed by atoms with van der Waals surface area (Å²) < 4.78 is 43.2. The summed E-state index contributed by atoms with van der Waals surface area (Å²) >= 11 is 0. The van der Waals surface area contributed by atoms with Crippen molar-refractivity contribution in [3.05, 3.63) is 59.7 Å². The van der Waals surface area contributed by atoms with Crippen LogP contribution in [0, 0.1) is 18.6 Å². The first kappa shape index (κ1) is 22.8. The van der Waals surface area contributed by atoms with Crippen molar-refractivity contribution in [2.75, 3.05) is 13.7 Å². The van der Waals surface area contributed by atoms with Crippen molar-refractivity contribution >= 4 is 39.0 Å². The van der Waals surface area contributed by atoms with Crippen LogP contribution in [0.25, 0.3) is 44.2 Å². The normalized spacial score (nSPS) is 11.7. The van der Waals surface area contributed by atoms with E-state index in [0.29, 0.717) is 30.1 Å². The molecule has 0 fully saturated rings. The quantitative estimate of drug-likeness (QED) is 0.234. The smallest absolute Gasteiger partial charge is 0.449 e. The monoisotopic (exact) mass is 479 g/mol. The molecular formula is C26H23F2N3O4. The lowest BCUT2D eigenvalue weighted by atomic mass is 10.1. The van der Waals surface area contributed by atoms with Crippen molar-refractivity contribution in [3.63, 3.8) is 0 Å². The summed E-state index contributed by atoms with van der Waals surface area (Å²) in [5, 5.41) is 10.6. The number of hydrogen-bond acceptors (Lipinski definition) is 4. The summed E-state index contributed by atoms with van der Waals surface area (Å²) in [7, 11) is 1.57. The second kappa shape index (κ2) is 8.66. The Hall–Kier alpha value is -3.98. The SMILES string of the molecule is CCn1c2ccc(-c3nc4c(F)c(OC(=O)O)ccc4n3CCOC)cc2c2cc(F)cc(C)c21. The maximum absolute atomic E-state index is 15.1. The van der Waals surface area contributed by atoms with Gasteiger partial charge in [-0.15, -0.1) is 0 Å². The fourth-order valence-corrected chi connectivity index (χ4v) is 4.82. The molecule has 5 rings (SSSR count). The second-order valence-corrected chi connectivity index (χ2v) is 8.29. The maximum Gasteiger partial charge on any atom is 0.511 e. The lowest BCUT2D eigenvalue weighted by Gasteiger charge is -2.10. The Morgan fingerprint density at radius 2 is 1.83 bits per heavy atom. The zero-order valence-corrected chi connectivity index (χ0v) is 19.4. The van der Waals surface area contributed by atoms with Crippen LogP contribution >= 0.6 is 0 Å². The maximum atomic E-state index is 15.1. The van der Waals surface area contributed by atoms with E-state index in [-0.39, 0.29) is 11.3 Å². The molecule has 0 amide bonds. The Balaban J connectivity index is 1.78. The van der Waals surface area contributed by atoms with E-state index in [1.54, 1.807) is 13.2 Å². The summed E-state index contributed by atoms with van der Waals surface area (Å²) in [6, 6.07) is 11.7. The molecule has 9 heteroatoms. The first-order valence-corrected chi connectivity index (χ1v) is 11.1. The first-order valence-electron chi connectivity index (χ1n) is 11.1. The molecule has 3 aromatic carbocycles. The molecule has 2 aromatic heterocycles. The molecule has 2 heterocycles. The van der Waals surface area contributed by atoms with Gasteiger partial charge in [-0.2, -0.15) is 0 Å². The van der Waals surface area contributed by atoms with E-state index in [1.807, 2.05) is 36.6 Å². The van der Waals surface area contributed by atoms with Gasteiger partial charge in [-0.1, -0.05) is 0 Å². The number of aromatic nitrogens is 3. The van der Waals surface area contributed by atoms with Crippen LogP contribution in [-0.4, -0.2) is 39.1 Å². The topological polar surface area (TPSA) is 78.5 Å². The number of methoxy groups -OCH3 is 1. The summed E-state index contributed by atoms with van der Waals surface area (Å²) in [5.41, 5.74) is 3.96. The predicted molar refractivity (Wildman–Crippen MR) is 129 cm³/mol. The van der Waals surface area contributed by atoms with Gasteiger partial charge in [0.25, 0.3) is 0 Å². The van der Waals surface area contributed by atoms with E-state index in [4.69, 9.17) is 9.84 Å². The van der Waals surface area contributed by atoms with Gasteiger partial charge in [0.1, 0.15) is 17.2 Å². The molecule has 0 saturated heterocycles. The minimum absolute atomic E-state index is 0.00664. The zero-order valence-electron chi connectivity index (χ0n) is 19.4. The van der Waals surface area contributed by atoms with Crippen LogP contribution in [0.2, 0.25) is 0 Å². The third-order valence-corrected chi connectivity index (χ3v) is 6.23. The van der Waals surface area contributed by atoms with Crippen molar-refractivity contribution in [2.45, 2.75) is 26.9 Å². The van der Waals surface area contributed by atoms with Gasteiger partial charge in [0.05, 0.1) is 17.6 Å². The van der Waals surface area contributed by atoms with Crippen LogP contribution in [0.3, 0.4) is 0 Å². The van der Waals surface area contributed by atoms with E-state index in [9.17, 15) is 9.18 Å². The van der Waals surface area contributed by atoms with Crippen molar-refractivity contribution < 1.29 is 28.2 Å². The highest BCUT2D eigenvalue weighted by Crippen LogP contribution is 2.36. The van der Waals surface area contributed by atoms with Crippen LogP contribution < -0.4 is 4.74 Å². The molecule has 0 aliphatic carbocycles. The summed E-state index contributed by atoms with van der Waals surface area (Å²) in [5.74, 6) is -1.10. The van der Waals surface area contributed by atoms with Gasteiger partial charge < -0.3 is 23.7 Å². The van der Waals surface area contributed by atoms with Gasteiger partial charge >= 0.3 is 6.16 Å². The number of rotatable bonds is 6. The Morgan fingerprint density at radius 1 is 1.06 bits per heavy atom. The molecule has 0 aliphatic heterocycles. The average Bonchev–Trinajstić information content (AvgIpc) is 3.35. The Bertz CT molecular complexity index is 1620. The van der Waals surface area contributed by atoms with E-state index < -0.39 is 17.7 Å². The minimum Gasteiger partial charge on any atom is -0.449 e. The minimum atomic E-state index is -1.61. The number of benzene rings is 3. The molecular weight excluding hydrogens is 456 g/mol. The van der Waals surface area contributed by atoms with Crippen LogP contribution in [0.1, 0.15) is 12.5 Å². The number of nitrogens with zero attached hydrogens (tertiary/aromatic N) is 3. The van der Waals surface area contributed by atoms with E-state index in [1.165, 1.54) is 18.2 Å². The Labute approximate surface area is 199 Å². The van der Waals surface area contributed by atoms with Gasteiger partial charge in [-0.25, -0.2) is 18.6 Å². The third-order valence-electron chi connectivity index (χ3n) is 6.23. The summed E-state index contributed by atoms with van der Waals surface area (Å²) in [6.45, 7) is 5.40. The molecule has 0 bridgehead atoms. The number of ether oxygens (including phenoxy) is 2. The molecule has 0 aliphatic rings. The van der Waals surface area contributed by atoms with Crippen LogP contribution in [-0.2, 0) is 17.8 Å². The van der Waals surface area contributed by atoms with E-state index >= 15 is 4.39 Å². The Kier molecular flexibility index (Phi) is 5.64. The van der Waals surface area contributed by atoms with Gasteiger partial charge in [0, 0.05) is 42.1 Å². The zero-order chi connectivity index (χ0) is 24.9. The molecule has 0 atom stereocenters. The number of hydrogen-bond donors (Lipinski definition) is 1. The highest BCUT2D eigenvalue weighted by atomic mass is 19.1. The number of aryl methyl sites for hydroxylation is 2. The molecule has 0 spiro atoms. The van der Waals surface area contributed by atoms with Crippen LogP contribution in [0.4, 0.5) is 13.6 Å². The van der Waals surface area contributed by atoms with Gasteiger partial charge in [0.15, 0.2) is 11.6 Å². The fraction of sp³-hybridized carbons (Fsp3) is 0.231. The highest BCUT2D eigenvalue weighted by molar-refractivity contribution is 6.10. The van der Waals surface area contributed by atoms with Crippen molar-refractivity contribution in [2.24, 2.45) is 0 Å². The van der Waals surface area contributed by atoms with Crippen molar-refractivity contribution in [3.8, 4) is 17.1 Å². The van der Waals surface area contributed by atoms with E-state index in [0.717, 1.165) is 33.9 Å². The van der Waals surface area contributed by atoms with Crippen LogP contribution in [0.15, 0.2) is 42.5 Å². The molecule has 5 aromatic rings. The van der Waals surface area contributed by atoms with E-state index in [2.05, 4.69) is 14.3 Å². The van der Waals surface area contributed by atoms with Crippen molar-refractivity contribution in [1.29, 1.82) is 0 Å². The number of halogens is 2. The molecule has 35 heavy (non-hydrogen) atoms. The number of carbonyl (C=O) groups is 1. The van der Waals surface area contributed by atoms with Crippen molar-refractivity contribution in [1.82, 2.24) is 14.1 Å².